The summed E-state index contributed by atoms with van der Waals surface area (Å²) in [5.74, 6) is 0.752. The largest absolute Gasteiger partial charge is 0.490 e. The Balaban J connectivity index is 2.25. The molecule has 1 rings (SSSR count). The van der Waals surface area contributed by atoms with Gasteiger partial charge in [0.15, 0.2) is 0 Å². The summed E-state index contributed by atoms with van der Waals surface area (Å²) in [6, 6.07) is 9.38. The second-order valence-corrected chi connectivity index (χ2v) is 3.89. The highest BCUT2D eigenvalue weighted by atomic mass is 16.5. The number of unbranched alkanes of at least 4 members (excludes halogenated alkanes) is 1. The van der Waals surface area contributed by atoms with Crippen LogP contribution in [0.1, 0.15) is 19.3 Å². The quantitative estimate of drug-likeness (QED) is 0.504. The topological polar surface area (TPSA) is 75.3 Å². The summed E-state index contributed by atoms with van der Waals surface area (Å²) in [6.45, 7) is 0.728. The highest BCUT2D eigenvalue weighted by Gasteiger charge is 2.10. The molecule has 5 heteroatoms. The van der Waals surface area contributed by atoms with Crippen LogP contribution in [0.25, 0.3) is 0 Å². The molecular weight excluding hydrogens is 244 g/mol. The van der Waals surface area contributed by atoms with E-state index in [1.54, 1.807) is 12.5 Å². The molecule has 0 aliphatic heterocycles. The maximum absolute atomic E-state index is 8.58. The van der Waals surface area contributed by atoms with Crippen LogP contribution in [0.5, 0.6) is 5.75 Å². The van der Waals surface area contributed by atoms with Crippen molar-refractivity contribution in [2.24, 2.45) is 0 Å². The summed E-state index contributed by atoms with van der Waals surface area (Å²) < 4.78 is 15.1. The van der Waals surface area contributed by atoms with Crippen LogP contribution in [0, 0.1) is 23.0 Å². The second-order valence-electron chi connectivity index (χ2n) is 3.89. The Morgan fingerprint density at radius 2 is 1.84 bits per heavy atom. The van der Waals surface area contributed by atoms with E-state index in [2.05, 4.69) is 4.74 Å². The minimum absolute atomic E-state index is 0.271. The van der Waals surface area contributed by atoms with Gasteiger partial charge in [0, 0.05) is 0 Å². The van der Waals surface area contributed by atoms with Gasteiger partial charge in [0.25, 0.3) is 12.5 Å². The molecule has 1 aromatic carbocycles. The van der Waals surface area contributed by atoms with Gasteiger partial charge in [-0.2, -0.15) is 10.5 Å². The lowest BCUT2D eigenvalue weighted by Gasteiger charge is -2.14. The maximum atomic E-state index is 8.58. The van der Waals surface area contributed by atoms with Crippen molar-refractivity contribution in [2.75, 3.05) is 13.2 Å². The number of rotatable bonds is 9. The van der Waals surface area contributed by atoms with Crippen LogP contribution in [0.4, 0.5) is 0 Å². The predicted molar refractivity (Wildman–Crippen MR) is 67.8 cm³/mol. The summed E-state index contributed by atoms with van der Waals surface area (Å²) >= 11 is 0. The molecule has 0 aliphatic carbocycles. The molecule has 1 aromatic rings. The van der Waals surface area contributed by atoms with Gasteiger partial charge in [-0.05, 0) is 31.4 Å². The molecule has 0 aromatic heterocycles. The zero-order valence-electron chi connectivity index (χ0n) is 10.6. The SMILES string of the molecule is N#COCCCCC(COc1ccccc1)OC#N. The van der Waals surface area contributed by atoms with Crippen LogP contribution < -0.4 is 4.74 Å². The van der Waals surface area contributed by atoms with Gasteiger partial charge in [0.2, 0.25) is 0 Å². The number of ether oxygens (including phenoxy) is 3. The Morgan fingerprint density at radius 1 is 1.05 bits per heavy atom. The standard InChI is InChI=1S/C14H16N2O3/c15-11-17-9-5-4-8-14(19-12-16)10-18-13-6-2-1-3-7-13/h1-3,6-7,14H,4-5,8-10H2. The van der Waals surface area contributed by atoms with Crippen molar-refractivity contribution in [2.45, 2.75) is 25.4 Å². The van der Waals surface area contributed by atoms with Gasteiger partial charge in [-0.1, -0.05) is 18.2 Å². The van der Waals surface area contributed by atoms with Gasteiger partial charge >= 0.3 is 0 Å². The van der Waals surface area contributed by atoms with E-state index in [1.807, 2.05) is 30.3 Å². The minimum Gasteiger partial charge on any atom is -0.490 e. The molecule has 0 saturated heterocycles. The summed E-state index contributed by atoms with van der Waals surface area (Å²) in [7, 11) is 0. The number of nitrogens with zero attached hydrogens (tertiary/aromatic N) is 2. The summed E-state index contributed by atoms with van der Waals surface area (Å²) in [6.07, 6.45) is 5.30. The molecule has 0 bridgehead atoms. The summed E-state index contributed by atoms with van der Waals surface area (Å²) in [4.78, 5) is 0. The number of para-hydroxylation sites is 1. The van der Waals surface area contributed by atoms with Crippen molar-refractivity contribution in [3.8, 4) is 18.3 Å². The van der Waals surface area contributed by atoms with Crippen molar-refractivity contribution in [1.29, 1.82) is 10.5 Å². The van der Waals surface area contributed by atoms with E-state index in [1.165, 1.54) is 0 Å². The minimum atomic E-state index is -0.271. The first-order valence-corrected chi connectivity index (χ1v) is 6.10. The third-order valence-electron chi connectivity index (χ3n) is 2.49. The number of hydrogen-bond donors (Lipinski definition) is 0. The van der Waals surface area contributed by atoms with Crippen molar-refractivity contribution in [3.63, 3.8) is 0 Å². The molecule has 1 atom stereocenters. The average Bonchev–Trinajstić information content (AvgIpc) is 2.45. The number of benzene rings is 1. The van der Waals surface area contributed by atoms with E-state index >= 15 is 0 Å². The molecule has 0 N–H and O–H groups in total. The lowest BCUT2D eigenvalue weighted by atomic mass is 10.1. The smallest absolute Gasteiger partial charge is 0.286 e. The molecule has 5 nitrogen and oxygen atoms in total. The maximum Gasteiger partial charge on any atom is 0.286 e. The van der Waals surface area contributed by atoms with Gasteiger partial charge in [-0.25, -0.2) is 0 Å². The fourth-order valence-corrected chi connectivity index (χ4v) is 1.55. The third-order valence-corrected chi connectivity index (χ3v) is 2.49. The Hall–Kier alpha value is -2.40. The Morgan fingerprint density at radius 3 is 2.53 bits per heavy atom. The fraction of sp³-hybridized carbons (Fsp3) is 0.429. The third kappa shape index (κ3) is 6.80. The van der Waals surface area contributed by atoms with Gasteiger partial charge in [0.05, 0.1) is 0 Å². The normalized spacial score (nSPS) is 10.8. The number of hydrogen-bond acceptors (Lipinski definition) is 5. The first kappa shape index (κ1) is 14.7. The number of nitriles is 2. The summed E-state index contributed by atoms with van der Waals surface area (Å²) in [5.41, 5.74) is 0. The highest BCUT2D eigenvalue weighted by molar-refractivity contribution is 5.20. The molecule has 1 unspecified atom stereocenters. The first-order valence-electron chi connectivity index (χ1n) is 6.10. The van der Waals surface area contributed by atoms with E-state index < -0.39 is 0 Å². The first-order chi connectivity index (χ1) is 9.36. The Bertz CT molecular complexity index is 423. The highest BCUT2D eigenvalue weighted by Crippen LogP contribution is 2.11. The molecule has 0 heterocycles. The fourth-order valence-electron chi connectivity index (χ4n) is 1.55. The average molecular weight is 260 g/mol. The molecule has 0 aliphatic rings. The van der Waals surface area contributed by atoms with E-state index in [0.29, 0.717) is 19.6 Å². The lowest BCUT2D eigenvalue weighted by molar-refractivity contribution is 0.0893. The second kappa shape index (κ2) is 9.61. The molecule has 0 fully saturated rings. The van der Waals surface area contributed by atoms with Crippen molar-refractivity contribution in [3.05, 3.63) is 30.3 Å². The monoisotopic (exact) mass is 260 g/mol. The van der Waals surface area contributed by atoms with E-state index in [-0.39, 0.29) is 6.10 Å². The zero-order chi connectivity index (χ0) is 13.8. The zero-order valence-corrected chi connectivity index (χ0v) is 10.6. The molecule has 19 heavy (non-hydrogen) atoms. The summed E-state index contributed by atoms with van der Waals surface area (Å²) in [5, 5.41) is 16.8. The lowest BCUT2D eigenvalue weighted by Crippen LogP contribution is -2.20. The molecule has 0 amide bonds. The molecular formula is C14H16N2O3. The van der Waals surface area contributed by atoms with Crippen LogP contribution in [0.15, 0.2) is 30.3 Å². The Labute approximate surface area is 112 Å². The van der Waals surface area contributed by atoms with E-state index in [0.717, 1.165) is 18.6 Å². The molecule has 0 radical (unpaired) electrons. The van der Waals surface area contributed by atoms with E-state index in [4.69, 9.17) is 20.0 Å². The van der Waals surface area contributed by atoms with Crippen LogP contribution in [0.2, 0.25) is 0 Å². The molecule has 0 saturated carbocycles. The Kier molecular flexibility index (Phi) is 7.42. The molecule has 100 valence electrons. The van der Waals surface area contributed by atoms with Crippen molar-refractivity contribution >= 4 is 0 Å². The van der Waals surface area contributed by atoms with Crippen molar-refractivity contribution in [1.82, 2.24) is 0 Å². The van der Waals surface area contributed by atoms with Crippen LogP contribution in [-0.4, -0.2) is 19.3 Å². The van der Waals surface area contributed by atoms with Crippen LogP contribution in [0.3, 0.4) is 0 Å². The van der Waals surface area contributed by atoms with E-state index in [9.17, 15) is 0 Å². The van der Waals surface area contributed by atoms with Gasteiger partial charge in [0.1, 0.15) is 25.1 Å². The predicted octanol–water partition coefficient (Wildman–Crippen LogP) is 2.60. The van der Waals surface area contributed by atoms with Gasteiger partial charge in [-0.3, -0.25) is 0 Å². The van der Waals surface area contributed by atoms with Crippen LogP contribution in [-0.2, 0) is 9.47 Å². The van der Waals surface area contributed by atoms with Crippen LogP contribution >= 0.6 is 0 Å². The molecule has 0 spiro atoms. The van der Waals surface area contributed by atoms with Gasteiger partial charge in [-0.15, -0.1) is 0 Å². The van der Waals surface area contributed by atoms with Crippen molar-refractivity contribution < 1.29 is 14.2 Å². The van der Waals surface area contributed by atoms with Gasteiger partial charge < -0.3 is 14.2 Å².